The van der Waals surface area contributed by atoms with E-state index >= 15 is 0 Å². The molecule has 1 aromatic heterocycles. The Labute approximate surface area is 88.0 Å². The Morgan fingerprint density at radius 3 is 2.75 bits per heavy atom. The second-order valence-electron chi connectivity index (χ2n) is 2.58. The smallest absolute Gasteiger partial charge is 0.210 e. The van der Waals surface area contributed by atoms with Crippen molar-refractivity contribution in [3.8, 4) is 0 Å². The molecule has 2 rings (SSSR count). The Bertz CT molecular complexity index is 382. The van der Waals surface area contributed by atoms with E-state index in [9.17, 15) is 0 Å². The SMILES string of the molecule is Cc1[nH+]ncc2ccccc12.[I-]. The van der Waals surface area contributed by atoms with Crippen LogP contribution in [-0.2, 0) is 0 Å². The molecule has 0 atom stereocenters. The van der Waals surface area contributed by atoms with Crippen molar-refractivity contribution in [3.05, 3.63) is 36.2 Å². The van der Waals surface area contributed by atoms with Crippen molar-refractivity contribution < 1.29 is 29.1 Å². The third kappa shape index (κ3) is 1.55. The minimum absolute atomic E-state index is 0. The normalized spacial score (nSPS) is 9.42. The number of nitrogens with one attached hydrogen (secondary N) is 1. The molecule has 2 nitrogen and oxygen atoms in total. The first-order valence-corrected chi connectivity index (χ1v) is 3.60. The maximum Gasteiger partial charge on any atom is 0.210 e. The topological polar surface area (TPSA) is 27.0 Å². The van der Waals surface area contributed by atoms with Crippen LogP contribution in [0.5, 0.6) is 0 Å². The van der Waals surface area contributed by atoms with Crippen molar-refractivity contribution in [2.45, 2.75) is 6.92 Å². The number of aromatic nitrogens is 2. The van der Waals surface area contributed by atoms with Crippen molar-refractivity contribution in [1.29, 1.82) is 0 Å². The van der Waals surface area contributed by atoms with Crippen LogP contribution < -0.4 is 29.1 Å². The van der Waals surface area contributed by atoms with E-state index in [-0.39, 0.29) is 24.0 Å². The van der Waals surface area contributed by atoms with Crippen LogP contribution >= 0.6 is 0 Å². The lowest BCUT2D eigenvalue weighted by Crippen LogP contribution is -3.00. The second kappa shape index (κ2) is 3.80. The second-order valence-corrected chi connectivity index (χ2v) is 2.58. The number of aromatic amines is 1. The van der Waals surface area contributed by atoms with Gasteiger partial charge in [0.1, 0.15) is 6.20 Å². The van der Waals surface area contributed by atoms with Crippen LogP contribution in [0.25, 0.3) is 10.8 Å². The molecule has 0 radical (unpaired) electrons. The van der Waals surface area contributed by atoms with Crippen LogP contribution in [0.4, 0.5) is 0 Å². The predicted molar refractivity (Wildman–Crippen MR) is 43.0 cm³/mol. The minimum Gasteiger partial charge on any atom is -1.00 e. The highest BCUT2D eigenvalue weighted by atomic mass is 127. The molecule has 0 fully saturated rings. The molecule has 12 heavy (non-hydrogen) atoms. The maximum atomic E-state index is 3.99. The Hall–Kier alpha value is -0.710. The fourth-order valence-electron chi connectivity index (χ4n) is 1.21. The lowest BCUT2D eigenvalue weighted by Gasteiger charge is -1.91. The Kier molecular flexibility index (Phi) is 2.97. The van der Waals surface area contributed by atoms with E-state index in [0.29, 0.717) is 0 Å². The van der Waals surface area contributed by atoms with Gasteiger partial charge < -0.3 is 24.0 Å². The van der Waals surface area contributed by atoms with E-state index in [2.05, 4.69) is 22.3 Å². The molecule has 2 aromatic rings. The van der Waals surface area contributed by atoms with Crippen molar-refractivity contribution in [3.63, 3.8) is 0 Å². The van der Waals surface area contributed by atoms with Gasteiger partial charge in [-0.1, -0.05) is 18.2 Å². The van der Waals surface area contributed by atoms with Gasteiger partial charge in [0, 0.05) is 12.3 Å². The monoisotopic (exact) mass is 272 g/mol. The highest BCUT2D eigenvalue weighted by molar-refractivity contribution is 5.82. The lowest BCUT2D eigenvalue weighted by atomic mass is 10.1. The lowest BCUT2D eigenvalue weighted by molar-refractivity contribution is -0.461. The molecule has 0 amide bonds. The average Bonchev–Trinajstić information content (AvgIpc) is 2.06. The summed E-state index contributed by atoms with van der Waals surface area (Å²) in [5.41, 5.74) is 1.11. The molecule has 0 spiro atoms. The Balaban J connectivity index is 0.000000720. The van der Waals surface area contributed by atoms with Gasteiger partial charge >= 0.3 is 0 Å². The average molecular weight is 272 g/mol. The van der Waals surface area contributed by atoms with E-state index < -0.39 is 0 Å². The fraction of sp³-hybridized carbons (Fsp3) is 0.111. The van der Waals surface area contributed by atoms with Crippen LogP contribution in [0, 0.1) is 6.92 Å². The summed E-state index contributed by atoms with van der Waals surface area (Å²) in [6.07, 6.45) is 1.84. The van der Waals surface area contributed by atoms with E-state index in [0.717, 1.165) is 5.69 Å². The molecule has 62 valence electrons. The summed E-state index contributed by atoms with van der Waals surface area (Å²) >= 11 is 0. The molecule has 0 aliphatic carbocycles. The first-order chi connectivity index (χ1) is 5.38. The fourth-order valence-corrected chi connectivity index (χ4v) is 1.21. The van der Waals surface area contributed by atoms with Crippen LogP contribution in [0.1, 0.15) is 5.69 Å². The highest BCUT2D eigenvalue weighted by Crippen LogP contribution is 2.11. The number of fused-ring (bicyclic) bond motifs is 1. The number of hydrogen-bond acceptors (Lipinski definition) is 1. The Morgan fingerprint density at radius 2 is 2.00 bits per heavy atom. The van der Waals surface area contributed by atoms with E-state index in [1.54, 1.807) is 0 Å². The van der Waals surface area contributed by atoms with Gasteiger partial charge in [0.2, 0.25) is 5.69 Å². The van der Waals surface area contributed by atoms with Gasteiger partial charge in [-0.05, 0) is 11.2 Å². The summed E-state index contributed by atoms with van der Waals surface area (Å²) in [4.78, 5) is 0. The molecule has 0 bridgehead atoms. The number of aryl methyl sites for hydroxylation is 1. The number of hydrogen-bond donors (Lipinski definition) is 0. The first-order valence-electron chi connectivity index (χ1n) is 3.60. The van der Waals surface area contributed by atoms with E-state index in [4.69, 9.17) is 0 Å². The van der Waals surface area contributed by atoms with Crippen LogP contribution in [0.3, 0.4) is 0 Å². The van der Waals surface area contributed by atoms with E-state index in [1.165, 1.54) is 10.8 Å². The van der Waals surface area contributed by atoms with Gasteiger partial charge in [-0.25, -0.2) is 0 Å². The molecule has 1 aromatic carbocycles. The molecule has 0 saturated carbocycles. The molecule has 3 heteroatoms. The summed E-state index contributed by atoms with van der Waals surface area (Å²) < 4.78 is 0. The molecule has 0 saturated heterocycles. The molecule has 0 aliphatic heterocycles. The summed E-state index contributed by atoms with van der Waals surface area (Å²) in [6, 6.07) is 8.19. The van der Waals surface area contributed by atoms with Crippen molar-refractivity contribution >= 4 is 10.8 Å². The molecular weight excluding hydrogens is 263 g/mol. The zero-order chi connectivity index (χ0) is 7.68. The molecule has 0 unspecified atom stereocenters. The van der Waals surface area contributed by atoms with Crippen LogP contribution in [0.2, 0.25) is 0 Å². The third-order valence-electron chi connectivity index (χ3n) is 1.80. The van der Waals surface area contributed by atoms with Gasteiger partial charge in [-0.2, -0.15) is 0 Å². The maximum absolute atomic E-state index is 3.99. The highest BCUT2D eigenvalue weighted by Gasteiger charge is 2.00. The van der Waals surface area contributed by atoms with Crippen LogP contribution in [-0.4, -0.2) is 5.10 Å². The number of H-pyrrole nitrogens is 1. The van der Waals surface area contributed by atoms with Gasteiger partial charge in [0.05, 0.1) is 5.39 Å². The van der Waals surface area contributed by atoms with Crippen molar-refractivity contribution in [2.24, 2.45) is 0 Å². The molecule has 1 N–H and O–H groups in total. The van der Waals surface area contributed by atoms with Crippen LogP contribution in [0.15, 0.2) is 30.5 Å². The van der Waals surface area contributed by atoms with Gasteiger partial charge in [-0.15, -0.1) is 5.10 Å². The largest absolute Gasteiger partial charge is 1.00 e. The quantitative estimate of drug-likeness (QED) is 0.529. The zero-order valence-corrected chi connectivity index (χ0v) is 8.87. The summed E-state index contributed by atoms with van der Waals surface area (Å²) in [7, 11) is 0. The number of benzene rings is 1. The molecule has 1 heterocycles. The molecular formula is C9H9IN2. The summed E-state index contributed by atoms with van der Waals surface area (Å²) in [5.74, 6) is 0. The van der Waals surface area contributed by atoms with Gasteiger partial charge in [-0.3, -0.25) is 0 Å². The predicted octanol–water partition coefficient (Wildman–Crippen LogP) is -1.64. The Morgan fingerprint density at radius 1 is 1.25 bits per heavy atom. The first kappa shape index (κ1) is 9.38. The van der Waals surface area contributed by atoms with E-state index in [1.807, 2.05) is 25.3 Å². The molecule has 0 aliphatic rings. The number of rotatable bonds is 0. The van der Waals surface area contributed by atoms with Crippen molar-refractivity contribution in [2.75, 3.05) is 0 Å². The standard InChI is InChI=1S/C9H8N2.HI/c1-7-9-5-3-2-4-8(9)6-10-11-7;/h2-6H,1H3;1H. The minimum atomic E-state index is 0. The van der Waals surface area contributed by atoms with Crippen molar-refractivity contribution in [1.82, 2.24) is 5.10 Å². The number of nitrogens with zero attached hydrogens (tertiary/aromatic N) is 1. The zero-order valence-electron chi connectivity index (χ0n) is 6.71. The third-order valence-corrected chi connectivity index (χ3v) is 1.80. The van der Waals surface area contributed by atoms with Gasteiger partial charge in [0.15, 0.2) is 0 Å². The summed E-state index contributed by atoms with van der Waals surface area (Å²) in [5, 5.41) is 9.33. The van der Waals surface area contributed by atoms with Gasteiger partial charge in [0.25, 0.3) is 0 Å². The summed E-state index contributed by atoms with van der Waals surface area (Å²) in [6.45, 7) is 2.02. The number of halogens is 1.